The SMILES string of the molecule is Nc1ncnc2[nH]cc(-c3ccco3)c12. The predicted molar refractivity (Wildman–Crippen MR) is 56.0 cm³/mol. The lowest BCUT2D eigenvalue weighted by Gasteiger charge is -1.96. The van der Waals surface area contributed by atoms with Gasteiger partial charge in [0, 0.05) is 11.8 Å². The number of rotatable bonds is 1. The van der Waals surface area contributed by atoms with Crippen molar-refractivity contribution < 1.29 is 4.42 Å². The number of nitrogen functional groups attached to an aromatic ring is 1. The average molecular weight is 200 g/mol. The maximum Gasteiger partial charge on any atom is 0.143 e. The van der Waals surface area contributed by atoms with Crippen LogP contribution in [0.5, 0.6) is 0 Å². The first-order valence-corrected chi connectivity index (χ1v) is 4.47. The summed E-state index contributed by atoms with van der Waals surface area (Å²) < 4.78 is 5.31. The van der Waals surface area contributed by atoms with Gasteiger partial charge in [-0.05, 0) is 12.1 Å². The van der Waals surface area contributed by atoms with Gasteiger partial charge in [0.05, 0.1) is 11.6 Å². The molecule has 0 aliphatic rings. The zero-order chi connectivity index (χ0) is 10.3. The third kappa shape index (κ3) is 1.10. The van der Waals surface area contributed by atoms with E-state index in [4.69, 9.17) is 10.2 Å². The van der Waals surface area contributed by atoms with Gasteiger partial charge in [-0.3, -0.25) is 0 Å². The molecule has 3 aromatic heterocycles. The number of furan rings is 1. The van der Waals surface area contributed by atoms with E-state index in [0.29, 0.717) is 11.5 Å². The van der Waals surface area contributed by atoms with Crippen LogP contribution in [0.3, 0.4) is 0 Å². The Kier molecular flexibility index (Phi) is 1.53. The van der Waals surface area contributed by atoms with Gasteiger partial charge in [0.1, 0.15) is 23.6 Å². The van der Waals surface area contributed by atoms with E-state index in [2.05, 4.69) is 15.0 Å². The fourth-order valence-electron chi connectivity index (χ4n) is 1.61. The van der Waals surface area contributed by atoms with E-state index in [9.17, 15) is 0 Å². The summed E-state index contributed by atoms with van der Waals surface area (Å²) in [6.45, 7) is 0. The Hall–Kier alpha value is -2.30. The topological polar surface area (TPSA) is 80.7 Å². The quantitative estimate of drug-likeness (QED) is 0.627. The van der Waals surface area contributed by atoms with Gasteiger partial charge in [0.15, 0.2) is 0 Å². The van der Waals surface area contributed by atoms with Crippen molar-refractivity contribution in [2.24, 2.45) is 0 Å². The Morgan fingerprint density at radius 3 is 3.07 bits per heavy atom. The third-order valence-electron chi connectivity index (χ3n) is 2.29. The molecule has 0 amide bonds. The maximum absolute atomic E-state index is 5.79. The van der Waals surface area contributed by atoms with Crippen molar-refractivity contribution >= 4 is 16.9 Å². The number of nitrogens with two attached hydrogens (primary N) is 1. The molecule has 0 atom stereocenters. The van der Waals surface area contributed by atoms with Crippen LogP contribution in [-0.2, 0) is 0 Å². The van der Waals surface area contributed by atoms with Crippen molar-refractivity contribution in [3.63, 3.8) is 0 Å². The standard InChI is InChI=1S/C10H8N4O/c11-9-8-6(7-2-1-3-15-7)4-12-10(8)14-5-13-9/h1-5H,(H3,11,12,13,14). The Labute approximate surface area is 85.0 Å². The largest absolute Gasteiger partial charge is 0.464 e. The Morgan fingerprint density at radius 2 is 2.27 bits per heavy atom. The van der Waals surface area contributed by atoms with Crippen LogP contribution in [0.4, 0.5) is 5.82 Å². The molecule has 0 saturated carbocycles. The van der Waals surface area contributed by atoms with Crippen LogP contribution in [0.1, 0.15) is 0 Å². The number of aromatic nitrogens is 3. The first-order valence-electron chi connectivity index (χ1n) is 4.47. The molecule has 3 heterocycles. The average Bonchev–Trinajstić information content (AvgIpc) is 2.85. The van der Waals surface area contributed by atoms with Gasteiger partial charge < -0.3 is 15.1 Å². The summed E-state index contributed by atoms with van der Waals surface area (Å²) >= 11 is 0. The van der Waals surface area contributed by atoms with E-state index in [1.807, 2.05) is 18.3 Å². The van der Waals surface area contributed by atoms with E-state index in [1.54, 1.807) is 6.26 Å². The number of aromatic amines is 1. The summed E-state index contributed by atoms with van der Waals surface area (Å²) in [4.78, 5) is 11.1. The molecule has 0 saturated heterocycles. The molecular weight excluding hydrogens is 192 g/mol. The Morgan fingerprint density at radius 1 is 1.33 bits per heavy atom. The molecule has 3 N–H and O–H groups in total. The van der Waals surface area contributed by atoms with Crippen molar-refractivity contribution in [3.8, 4) is 11.3 Å². The minimum atomic E-state index is 0.452. The lowest BCUT2D eigenvalue weighted by Crippen LogP contribution is -1.92. The number of hydrogen-bond acceptors (Lipinski definition) is 4. The smallest absolute Gasteiger partial charge is 0.143 e. The molecule has 5 heteroatoms. The molecule has 0 spiro atoms. The second kappa shape index (κ2) is 2.84. The molecular formula is C10H8N4O. The fraction of sp³-hybridized carbons (Fsp3) is 0. The normalized spacial score (nSPS) is 10.9. The van der Waals surface area contributed by atoms with Crippen LogP contribution >= 0.6 is 0 Å². The fourth-order valence-corrected chi connectivity index (χ4v) is 1.61. The highest BCUT2D eigenvalue weighted by molar-refractivity contribution is 5.98. The molecule has 74 valence electrons. The molecule has 0 unspecified atom stereocenters. The van der Waals surface area contributed by atoms with Gasteiger partial charge in [-0.2, -0.15) is 0 Å². The Balaban J connectivity index is 2.37. The van der Waals surface area contributed by atoms with E-state index in [-0.39, 0.29) is 0 Å². The number of fused-ring (bicyclic) bond motifs is 1. The molecule has 15 heavy (non-hydrogen) atoms. The number of H-pyrrole nitrogens is 1. The van der Waals surface area contributed by atoms with Gasteiger partial charge in [0.25, 0.3) is 0 Å². The number of nitrogens with one attached hydrogen (secondary N) is 1. The molecule has 0 fully saturated rings. The second-order valence-electron chi connectivity index (χ2n) is 3.16. The second-order valence-corrected chi connectivity index (χ2v) is 3.16. The number of anilines is 1. The highest BCUT2D eigenvalue weighted by atomic mass is 16.3. The van der Waals surface area contributed by atoms with Crippen LogP contribution in [0.25, 0.3) is 22.4 Å². The minimum absolute atomic E-state index is 0.452. The van der Waals surface area contributed by atoms with Crippen LogP contribution in [-0.4, -0.2) is 15.0 Å². The monoisotopic (exact) mass is 200 g/mol. The summed E-state index contributed by atoms with van der Waals surface area (Å²) in [7, 11) is 0. The summed E-state index contributed by atoms with van der Waals surface area (Å²) in [5.74, 6) is 1.20. The van der Waals surface area contributed by atoms with E-state index < -0.39 is 0 Å². The lowest BCUT2D eigenvalue weighted by molar-refractivity contribution is 0.583. The van der Waals surface area contributed by atoms with Crippen molar-refractivity contribution in [1.82, 2.24) is 15.0 Å². The van der Waals surface area contributed by atoms with Crippen LogP contribution in [0, 0.1) is 0 Å². The molecule has 3 rings (SSSR count). The summed E-state index contributed by atoms with van der Waals surface area (Å²) in [5, 5.41) is 0.799. The zero-order valence-electron chi connectivity index (χ0n) is 7.77. The maximum atomic E-state index is 5.79. The lowest BCUT2D eigenvalue weighted by atomic mass is 10.2. The van der Waals surface area contributed by atoms with E-state index in [1.165, 1.54) is 6.33 Å². The number of hydrogen-bond donors (Lipinski definition) is 2. The van der Waals surface area contributed by atoms with Gasteiger partial charge in [-0.15, -0.1) is 0 Å². The highest BCUT2D eigenvalue weighted by Crippen LogP contribution is 2.30. The van der Waals surface area contributed by atoms with Crippen LogP contribution in [0.2, 0.25) is 0 Å². The molecule has 0 aromatic carbocycles. The highest BCUT2D eigenvalue weighted by Gasteiger charge is 2.12. The van der Waals surface area contributed by atoms with Gasteiger partial charge in [-0.25, -0.2) is 9.97 Å². The first kappa shape index (κ1) is 8.05. The zero-order valence-corrected chi connectivity index (χ0v) is 7.77. The van der Waals surface area contributed by atoms with E-state index >= 15 is 0 Å². The third-order valence-corrected chi connectivity index (χ3v) is 2.29. The molecule has 0 aliphatic heterocycles. The minimum Gasteiger partial charge on any atom is -0.464 e. The van der Waals surface area contributed by atoms with Gasteiger partial charge in [0.2, 0.25) is 0 Å². The van der Waals surface area contributed by atoms with Crippen molar-refractivity contribution in [1.29, 1.82) is 0 Å². The first-order chi connectivity index (χ1) is 7.36. The molecule has 3 aromatic rings. The summed E-state index contributed by atoms with van der Waals surface area (Å²) in [6.07, 6.45) is 4.86. The molecule has 0 radical (unpaired) electrons. The van der Waals surface area contributed by atoms with Crippen molar-refractivity contribution in [2.75, 3.05) is 5.73 Å². The van der Waals surface area contributed by atoms with Crippen LogP contribution in [0.15, 0.2) is 35.3 Å². The van der Waals surface area contributed by atoms with Crippen molar-refractivity contribution in [2.45, 2.75) is 0 Å². The predicted octanol–water partition coefficient (Wildman–Crippen LogP) is 1.80. The summed E-state index contributed by atoms with van der Waals surface area (Å²) in [5.41, 5.74) is 7.39. The van der Waals surface area contributed by atoms with Crippen molar-refractivity contribution in [3.05, 3.63) is 30.9 Å². The molecule has 0 bridgehead atoms. The van der Waals surface area contributed by atoms with Crippen LogP contribution < -0.4 is 5.73 Å². The van der Waals surface area contributed by atoms with Gasteiger partial charge >= 0.3 is 0 Å². The Bertz CT molecular complexity index is 597. The molecule has 0 aliphatic carbocycles. The summed E-state index contributed by atoms with van der Waals surface area (Å²) in [6, 6.07) is 3.70. The number of nitrogens with zero attached hydrogens (tertiary/aromatic N) is 2. The van der Waals surface area contributed by atoms with E-state index in [0.717, 1.165) is 16.7 Å². The molecule has 5 nitrogen and oxygen atoms in total. The van der Waals surface area contributed by atoms with Gasteiger partial charge in [-0.1, -0.05) is 0 Å².